The van der Waals surface area contributed by atoms with Crippen LogP contribution in [0.4, 0.5) is 0 Å². The lowest BCUT2D eigenvalue weighted by atomic mass is 9.76. The van der Waals surface area contributed by atoms with E-state index in [2.05, 4.69) is 56.4 Å². The van der Waals surface area contributed by atoms with Crippen LogP contribution in [0.25, 0.3) is 0 Å². The third-order valence-corrected chi connectivity index (χ3v) is 8.39. The normalized spacial score (nSPS) is 27.4. The molecule has 1 aromatic carbocycles. The zero-order valence-electron chi connectivity index (χ0n) is 13.7. The van der Waals surface area contributed by atoms with Gasteiger partial charge >= 0.3 is 0 Å². The summed E-state index contributed by atoms with van der Waals surface area (Å²) in [6.45, 7) is 7.18. The van der Waals surface area contributed by atoms with E-state index in [1.807, 2.05) is 7.05 Å². The van der Waals surface area contributed by atoms with Crippen molar-refractivity contribution in [2.75, 3.05) is 7.05 Å². The summed E-state index contributed by atoms with van der Waals surface area (Å²) in [4.78, 5) is 0. The van der Waals surface area contributed by atoms with Crippen LogP contribution in [0, 0.1) is 17.8 Å². The lowest BCUT2D eigenvalue weighted by molar-refractivity contribution is 0.233. The van der Waals surface area contributed by atoms with Crippen LogP contribution in [0.15, 0.2) is 30.3 Å². The van der Waals surface area contributed by atoms with Gasteiger partial charge in [-0.2, -0.15) is 0 Å². The van der Waals surface area contributed by atoms with Crippen molar-refractivity contribution in [3.63, 3.8) is 0 Å². The highest BCUT2D eigenvalue weighted by molar-refractivity contribution is 8.01. The maximum atomic E-state index is 5.73. The first-order valence-corrected chi connectivity index (χ1v) is 9.92. The summed E-state index contributed by atoms with van der Waals surface area (Å²) in [7, 11) is 1.58. The molecule has 1 aliphatic carbocycles. The van der Waals surface area contributed by atoms with Gasteiger partial charge in [-0.1, -0.05) is 69.7 Å². The molecule has 4 atom stereocenters. The van der Waals surface area contributed by atoms with Gasteiger partial charge < -0.3 is 5.32 Å². The molecular formula is C18H28NPS. The van der Waals surface area contributed by atoms with Gasteiger partial charge in [0.25, 0.3) is 0 Å². The van der Waals surface area contributed by atoms with Crippen molar-refractivity contribution in [3.8, 4) is 0 Å². The van der Waals surface area contributed by atoms with E-state index < -0.39 is 7.92 Å². The molecule has 1 fully saturated rings. The second-order valence-electron chi connectivity index (χ2n) is 6.65. The predicted molar refractivity (Wildman–Crippen MR) is 99.8 cm³/mol. The second-order valence-corrected chi connectivity index (χ2v) is 9.73. The van der Waals surface area contributed by atoms with E-state index >= 15 is 0 Å². The number of benzene rings is 1. The quantitative estimate of drug-likeness (QED) is 0.634. The molecule has 0 heterocycles. The van der Waals surface area contributed by atoms with E-state index in [1.54, 1.807) is 0 Å². The van der Waals surface area contributed by atoms with Crippen molar-refractivity contribution in [1.29, 1.82) is 0 Å². The second kappa shape index (κ2) is 7.70. The van der Waals surface area contributed by atoms with Crippen LogP contribution in [0.1, 0.15) is 40.0 Å². The number of rotatable bonds is 4. The summed E-state index contributed by atoms with van der Waals surface area (Å²) in [5, 5.41) is 4.73. The van der Waals surface area contributed by atoms with Gasteiger partial charge in [0.1, 0.15) is 4.73 Å². The highest BCUT2D eigenvalue weighted by Crippen LogP contribution is 2.52. The standard InChI is InChI=1S/C18H28NPS/c1-13(2)16-12-14(3)10-11-17(16)20(18(21)19-4)15-8-6-5-7-9-15/h5-9,13-14,16-17H,10-12H2,1-4H3,(H,19,21)/t14-,16-,17+,20?/m1/s1. The molecule has 21 heavy (non-hydrogen) atoms. The third-order valence-electron chi connectivity index (χ3n) is 4.78. The van der Waals surface area contributed by atoms with Crippen LogP contribution in [0.2, 0.25) is 0 Å². The lowest BCUT2D eigenvalue weighted by Gasteiger charge is -2.42. The highest BCUT2D eigenvalue weighted by atomic mass is 32.1. The Morgan fingerprint density at radius 3 is 2.48 bits per heavy atom. The SMILES string of the molecule is CNC(=S)P(c1ccccc1)[C@H]1CC[C@@H](C)C[C@@H]1C(C)C. The molecule has 116 valence electrons. The number of hydrogen-bond donors (Lipinski definition) is 1. The minimum absolute atomic E-state index is 0.406. The van der Waals surface area contributed by atoms with Crippen molar-refractivity contribution < 1.29 is 0 Å². The smallest absolute Gasteiger partial charge is 0.103 e. The molecule has 0 aliphatic heterocycles. The molecule has 1 N–H and O–H groups in total. The van der Waals surface area contributed by atoms with E-state index in [9.17, 15) is 0 Å². The maximum Gasteiger partial charge on any atom is 0.103 e. The first-order valence-electron chi connectivity index (χ1n) is 8.10. The molecule has 3 heteroatoms. The average Bonchev–Trinajstić information content (AvgIpc) is 2.49. The van der Waals surface area contributed by atoms with Crippen molar-refractivity contribution in [3.05, 3.63) is 30.3 Å². The van der Waals surface area contributed by atoms with Gasteiger partial charge in [-0.25, -0.2) is 0 Å². The molecule has 1 nitrogen and oxygen atoms in total. The van der Waals surface area contributed by atoms with Gasteiger partial charge in [-0.05, 0) is 49.5 Å². The number of hydrogen-bond acceptors (Lipinski definition) is 1. The van der Waals surface area contributed by atoms with Gasteiger partial charge in [0, 0.05) is 7.05 Å². The molecule has 0 spiro atoms. The zero-order valence-corrected chi connectivity index (χ0v) is 15.4. The van der Waals surface area contributed by atoms with Crippen LogP contribution >= 0.6 is 20.1 Å². The summed E-state index contributed by atoms with van der Waals surface area (Å²) < 4.78 is 1.07. The van der Waals surface area contributed by atoms with Crippen LogP contribution in [0.3, 0.4) is 0 Å². The summed E-state index contributed by atoms with van der Waals surface area (Å²) >= 11 is 5.73. The zero-order chi connectivity index (χ0) is 15.4. The Bertz CT molecular complexity index is 460. The minimum atomic E-state index is -0.406. The van der Waals surface area contributed by atoms with Gasteiger partial charge in [0.2, 0.25) is 0 Å². The van der Waals surface area contributed by atoms with Crippen molar-refractivity contribution in [2.45, 2.75) is 45.7 Å². The Hall–Kier alpha value is -0.460. The highest BCUT2D eigenvalue weighted by Gasteiger charge is 2.37. The molecule has 1 unspecified atom stereocenters. The Labute approximate surface area is 136 Å². The monoisotopic (exact) mass is 321 g/mol. The predicted octanol–water partition coefficient (Wildman–Crippen LogP) is 4.76. The largest absolute Gasteiger partial charge is 0.379 e. The Kier molecular flexibility index (Phi) is 6.20. The lowest BCUT2D eigenvalue weighted by Crippen LogP contribution is -2.36. The molecule has 0 bridgehead atoms. The van der Waals surface area contributed by atoms with Gasteiger partial charge in [0.05, 0.1) is 0 Å². The number of thiocarbonyl (C=S) groups is 1. The topological polar surface area (TPSA) is 12.0 Å². The van der Waals surface area contributed by atoms with Crippen LogP contribution in [-0.2, 0) is 0 Å². The van der Waals surface area contributed by atoms with Crippen LogP contribution < -0.4 is 10.6 Å². The van der Waals surface area contributed by atoms with Crippen LogP contribution in [0.5, 0.6) is 0 Å². The van der Waals surface area contributed by atoms with E-state index in [4.69, 9.17) is 12.2 Å². The minimum Gasteiger partial charge on any atom is -0.379 e. The molecule has 1 aromatic rings. The Morgan fingerprint density at radius 1 is 1.24 bits per heavy atom. The van der Waals surface area contributed by atoms with Crippen molar-refractivity contribution in [1.82, 2.24) is 5.32 Å². The Morgan fingerprint density at radius 2 is 1.90 bits per heavy atom. The fourth-order valence-corrected chi connectivity index (χ4v) is 7.25. The molecule has 1 aliphatic rings. The molecule has 0 radical (unpaired) electrons. The summed E-state index contributed by atoms with van der Waals surface area (Å²) in [6, 6.07) is 10.9. The molecule has 0 aromatic heterocycles. The third kappa shape index (κ3) is 4.05. The average molecular weight is 321 g/mol. The Balaban J connectivity index is 2.33. The van der Waals surface area contributed by atoms with E-state index in [0.29, 0.717) is 0 Å². The number of nitrogens with one attached hydrogen (secondary N) is 1. The summed E-state index contributed by atoms with van der Waals surface area (Å²) in [5.41, 5.74) is 0.735. The molecule has 0 saturated heterocycles. The van der Waals surface area contributed by atoms with Crippen LogP contribution in [-0.4, -0.2) is 17.4 Å². The van der Waals surface area contributed by atoms with E-state index in [0.717, 1.165) is 28.1 Å². The van der Waals surface area contributed by atoms with E-state index in [-0.39, 0.29) is 0 Å². The first kappa shape index (κ1) is 16.9. The molecule has 2 rings (SSSR count). The first-order chi connectivity index (χ1) is 10.0. The van der Waals surface area contributed by atoms with Crippen molar-refractivity contribution in [2.24, 2.45) is 17.8 Å². The van der Waals surface area contributed by atoms with Crippen molar-refractivity contribution >= 4 is 30.2 Å². The summed E-state index contributed by atoms with van der Waals surface area (Å²) in [5.74, 6) is 2.40. The van der Waals surface area contributed by atoms with Gasteiger partial charge in [0.15, 0.2) is 0 Å². The van der Waals surface area contributed by atoms with Gasteiger partial charge in [-0.3, -0.25) is 0 Å². The molecule has 1 saturated carbocycles. The fraction of sp³-hybridized carbons (Fsp3) is 0.611. The molecular weight excluding hydrogens is 293 g/mol. The van der Waals surface area contributed by atoms with E-state index in [1.165, 1.54) is 24.6 Å². The fourth-order valence-electron chi connectivity index (χ4n) is 3.61. The van der Waals surface area contributed by atoms with Gasteiger partial charge in [-0.15, -0.1) is 0 Å². The summed E-state index contributed by atoms with van der Waals surface area (Å²) in [6.07, 6.45) is 4.04. The molecule has 0 amide bonds. The maximum absolute atomic E-state index is 5.73.